The van der Waals surface area contributed by atoms with E-state index < -0.39 is 0 Å². The van der Waals surface area contributed by atoms with E-state index >= 15 is 0 Å². The lowest BCUT2D eigenvalue weighted by molar-refractivity contribution is -0.133. The molecule has 0 radical (unpaired) electrons. The van der Waals surface area contributed by atoms with Crippen molar-refractivity contribution in [2.24, 2.45) is 0 Å². The smallest absolute Gasteiger partial charge is 0.236 e. The van der Waals surface area contributed by atoms with Crippen molar-refractivity contribution in [2.45, 2.75) is 18.9 Å². The molecule has 0 saturated carbocycles. The van der Waals surface area contributed by atoms with Gasteiger partial charge in [0.15, 0.2) is 0 Å². The molecule has 1 saturated heterocycles. The molecule has 0 aromatic rings. The van der Waals surface area contributed by atoms with Crippen LogP contribution in [0.5, 0.6) is 0 Å². The number of likely N-dealkylation sites (tertiary alicyclic amines) is 1. The minimum atomic E-state index is -0.320. The second-order valence-corrected chi connectivity index (χ2v) is 3.17. The molecule has 1 aliphatic heterocycles. The van der Waals surface area contributed by atoms with Crippen LogP contribution in [0.25, 0.3) is 0 Å². The average molecular weight is 172 g/mol. The predicted molar refractivity (Wildman–Crippen MR) is 45.7 cm³/mol. The third kappa shape index (κ3) is 2.46. The van der Waals surface area contributed by atoms with Crippen LogP contribution in [0.4, 0.5) is 0 Å². The van der Waals surface area contributed by atoms with E-state index in [4.69, 9.17) is 0 Å². The molecule has 0 aliphatic carbocycles. The minimum Gasteiger partial charge on any atom is -0.391 e. The molecule has 2 N–H and O–H groups in total. The molecule has 0 spiro atoms. The van der Waals surface area contributed by atoms with Crippen molar-refractivity contribution in [1.82, 2.24) is 10.2 Å². The first-order valence-corrected chi connectivity index (χ1v) is 4.34. The van der Waals surface area contributed by atoms with Gasteiger partial charge >= 0.3 is 0 Å². The Morgan fingerprint density at radius 1 is 1.75 bits per heavy atom. The van der Waals surface area contributed by atoms with E-state index in [9.17, 15) is 9.90 Å². The van der Waals surface area contributed by atoms with Gasteiger partial charge < -0.3 is 15.3 Å². The van der Waals surface area contributed by atoms with Crippen LogP contribution in [0.2, 0.25) is 0 Å². The maximum Gasteiger partial charge on any atom is 0.236 e. The zero-order valence-electron chi connectivity index (χ0n) is 7.42. The number of likely N-dealkylation sites (N-methyl/N-ethyl adjacent to an activating group) is 1. The summed E-state index contributed by atoms with van der Waals surface area (Å²) >= 11 is 0. The van der Waals surface area contributed by atoms with Gasteiger partial charge in [0.2, 0.25) is 5.91 Å². The van der Waals surface area contributed by atoms with Crippen LogP contribution >= 0.6 is 0 Å². The molecule has 70 valence electrons. The van der Waals surface area contributed by atoms with Crippen LogP contribution in [0.1, 0.15) is 12.8 Å². The van der Waals surface area contributed by atoms with Gasteiger partial charge in [-0.1, -0.05) is 0 Å². The summed E-state index contributed by atoms with van der Waals surface area (Å²) in [4.78, 5) is 13.0. The van der Waals surface area contributed by atoms with E-state index in [-0.39, 0.29) is 12.0 Å². The van der Waals surface area contributed by atoms with Crippen molar-refractivity contribution in [2.75, 3.05) is 26.7 Å². The Kier molecular flexibility index (Phi) is 3.49. The Labute approximate surface area is 72.6 Å². The number of nitrogens with one attached hydrogen (secondary N) is 1. The van der Waals surface area contributed by atoms with Gasteiger partial charge in [-0.3, -0.25) is 4.79 Å². The number of aliphatic hydroxyl groups excluding tert-OH is 1. The lowest BCUT2D eigenvalue weighted by Gasteiger charge is -2.30. The first kappa shape index (κ1) is 9.48. The Morgan fingerprint density at radius 2 is 2.50 bits per heavy atom. The number of hydrogen-bond acceptors (Lipinski definition) is 3. The molecule has 1 fully saturated rings. The molecular formula is C8H16N2O2. The number of nitrogens with zero attached hydrogens (tertiary/aromatic N) is 1. The second kappa shape index (κ2) is 4.42. The van der Waals surface area contributed by atoms with Crippen LogP contribution in [0.15, 0.2) is 0 Å². The van der Waals surface area contributed by atoms with Crippen molar-refractivity contribution in [3.05, 3.63) is 0 Å². The molecule has 1 unspecified atom stereocenters. The van der Waals surface area contributed by atoms with Crippen LogP contribution in [-0.4, -0.2) is 48.7 Å². The number of carbonyl (C=O) groups excluding carboxylic acids is 1. The molecule has 1 atom stereocenters. The lowest BCUT2D eigenvalue weighted by Crippen LogP contribution is -2.45. The third-order valence-electron chi connectivity index (χ3n) is 2.08. The molecule has 0 aromatic carbocycles. The average Bonchev–Trinajstić information content (AvgIpc) is 2.05. The van der Waals surface area contributed by atoms with Crippen molar-refractivity contribution in [1.29, 1.82) is 0 Å². The minimum absolute atomic E-state index is 0.0799. The number of aliphatic hydroxyl groups is 1. The van der Waals surface area contributed by atoms with Gasteiger partial charge in [-0.2, -0.15) is 0 Å². The predicted octanol–water partition coefficient (Wildman–Crippen LogP) is -0.811. The standard InChI is InChI=1S/C8H16N2O2/c1-9-5-8(12)10-4-2-3-7(11)6-10/h7,9,11H,2-6H2,1H3. The van der Waals surface area contributed by atoms with E-state index in [0.717, 1.165) is 19.4 Å². The summed E-state index contributed by atoms with van der Waals surface area (Å²) in [5.41, 5.74) is 0. The second-order valence-electron chi connectivity index (χ2n) is 3.17. The molecule has 1 aliphatic rings. The van der Waals surface area contributed by atoms with Gasteiger partial charge in [0, 0.05) is 13.1 Å². The summed E-state index contributed by atoms with van der Waals surface area (Å²) in [6, 6.07) is 0. The van der Waals surface area contributed by atoms with Gasteiger partial charge in [-0.25, -0.2) is 0 Å². The van der Waals surface area contributed by atoms with Crippen LogP contribution in [0.3, 0.4) is 0 Å². The molecular weight excluding hydrogens is 156 g/mol. The van der Waals surface area contributed by atoms with E-state index in [1.807, 2.05) is 0 Å². The molecule has 0 aromatic heterocycles. The maximum atomic E-state index is 11.3. The Morgan fingerprint density at radius 3 is 3.08 bits per heavy atom. The molecule has 1 amide bonds. The number of rotatable bonds is 2. The zero-order valence-corrected chi connectivity index (χ0v) is 7.42. The highest BCUT2D eigenvalue weighted by molar-refractivity contribution is 5.78. The highest BCUT2D eigenvalue weighted by Gasteiger charge is 2.20. The fraction of sp³-hybridized carbons (Fsp3) is 0.875. The first-order chi connectivity index (χ1) is 5.74. The maximum absolute atomic E-state index is 11.3. The summed E-state index contributed by atoms with van der Waals surface area (Å²) in [5, 5.41) is 12.1. The van der Waals surface area contributed by atoms with Gasteiger partial charge in [0.25, 0.3) is 0 Å². The topological polar surface area (TPSA) is 52.6 Å². The van der Waals surface area contributed by atoms with Crippen LogP contribution in [-0.2, 0) is 4.79 Å². The van der Waals surface area contributed by atoms with Gasteiger partial charge in [-0.15, -0.1) is 0 Å². The van der Waals surface area contributed by atoms with Crippen molar-refractivity contribution >= 4 is 5.91 Å². The van der Waals surface area contributed by atoms with E-state index in [1.165, 1.54) is 0 Å². The number of β-amino-alcohol motifs (C(OH)–C–C–N with tert-alkyl or cyclic N) is 1. The largest absolute Gasteiger partial charge is 0.391 e. The molecule has 1 heterocycles. The monoisotopic (exact) mass is 172 g/mol. The summed E-state index contributed by atoms with van der Waals surface area (Å²) in [5.74, 6) is 0.0799. The highest BCUT2D eigenvalue weighted by Crippen LogP contribution is 2.09. The highest BCUT2D eigenvalue weighted by atomic mass is 16.3. The molecule has 4 heteroatoms. The molecule has 12 heavy (non-hydrogen) atoms. The summed E-state index contributed by atoms with van der Waals surface area (Å²) in [6.07, 6.45) is 1.42. The third-order valence-corrected chi connectivity index (χ3v) is 2.08. The van der Waals surface area contributed by atoms with E-state index in [1.54, 1.807) is 11.9 Å². The Hall–Kier alpha value is -0.610. The number of piperidine rings is 1. The quantitative estimate of drug-likeness (QED) is 0.573. The Bertz CT molecular complexity index is 161. The van der Waals surface area contributed by atoms with Gasteiger partial charge in [0.05, 0.1) is 12.6 Å². The number of hydrogen-bond donors (Lipinski definition) is 2. The van der Waals surface area contributed by atoms with Crippen molar-refractivity contribution in [3.63, 3.8) is 0 Å². The molecule has 4 nitrogen and oxygen atoms in total. The van der Waals surface area contributed by atoms with Crippen LogP contribution in [0, 0.1) is 0 Å². The summed E-state index contributed by atoms with van der Waals surface area (Å²) in [7, 11) is 1.75. The van der Waals surface area contributed by atoms with Crippen LogP contribution < -0.4 is 5.32 Å². The van der Waals surface area contributed by atoms with E-state index in [2.05, 4.69) is 5.32 Å². The fourth-order valence-corrected chi connectivity index (χ4v) is 1.44. The lowest BCUT2D eigenvalue weighted by atomic mass is 10.1. The SMILES string of the molecule is CNCC(=O)N1CCCC(O)C1. The normalized spacial score (nSPS) is 24.2. The first-order valence-electron chi connectivity index (χ1n) is 4.34. The molecule has 1 rings (SSSR count). The zero-order chi connectivity index (χ0) is 8.97. The van der Waals surface area contributed by atoms with Gasteiger partial charge in [0.1, 0.15) is 0 Å². The number of carbonyl (C=O) groups is 1. The summed E-state index contributed by atoms with van der Waals surface area (Å²) in [6.45, 7) is 1.66. The van der Waals surface area contributed by atoms with Crippen molar-refractivity contribution in [3.8, 4) is 0 Å². The van der Waals surface area contributed by atoms with Gasteiger partial charge in [-0.05, 0) is 19.9 Å². The Balaban J connectivity index is 2.35. The molecule has 0 bridgehead atoms. The summed E-state index contributed by atoms with van der Waals surface area (Å²) < 4.78 is 0. The van der Waals surface area contributed by atoms with Crippen molar-refractivity contribution < 1.29 is 9.90 Å². The fourth-order valence-electron chi connectivity index (χ4n) is 1.44. The number of amides is 1. The van der Waals surface area contributed by atoms with E-state index in [0.29, 0.717) is 13.1 Å².